The summed E-state index contributed by atoms with van der Waals surface area (Å²) in [5.74, 6) is 0.0995. The SMILES string of the molecule is CC(=O)N/C(=C\c1ccccc1)C(=O)NCCOc1ccc(C(C)(C)C)cc1. The highest BCUT2D eigenvalue weighted by atomic mass is 16.5. The summed E-state index contributed by atoms with van der Waals surface area (Å²) in [6.07, 6.45) is 1.64. The third kappa shape index (κ3) is 6.91. The van der Waals surface area contributed by atoms with Crippen LogP contribution in [0.5, 0.6) is 5.75 Å². The average Bonchev–Trinajstić information content (AvgIpc) is 2.64. The van der Waals surface area contributed by atoms with Crippen LogP contribution in [0.2, 0.25) is 0 Å². The molecule has 0 bridgehead atoms. The molecule has 0 saturated carbocycles. The van der Waals surface area contributed by atoms with Gasteiger partial charge in [0, 0.05) is 6.92 Å². The predicted octanol–water partition coefficient (Wildman–Crippen LogP) is 3.66. The second-order valence-corrected chi connectivity index (χ2v) is 7.53. The van der Waals surface area contributed by atoms with Crippen LogP contribution < -0.4 is 15.4 Å². The number of hydrogen-bond acceptors (Lipinski definition) is 3. The first-order valence-corrected chi connectivity index (χ1v) is 9.31. The van der Waals surface area contributed by atoms with Crippen molar-refractivity contribution in [3.05, 3.63) is 71.4 Å². The van der Waals surface area contributed by atoms with E-state index < -0.39 is 0 Å². The van der Waals surface area contributed by atoms with Crippen molar-refractivity contribution in [3.8, 4) is 5.75 Å². The van der Waals surface area contributed by atoms with Crippen molar-refractivity contribution in [2.45, 2.75) is 33.1 Å². The number of ether oxygens (including phenoxy) is 1. The van der Waals surface area contributed by atoms with Gasteiger partial charge in [-0.05, 0) is 34.8 Å². The molecule has 0 aliphatic rings. The highest BCUT2D eigenvalue weighted by Crippen LogP contribution is 2.24. The van der Waals surface area contributed by atoms with Crippen LogP contribution in [-0.2, 0) is 15.0 Å². The zero-order chi connectivity index (χ0) is 20.6. The summed E-state index contributed by atoms with van der Waals surface area (Å²) < 4.78 is 5.68. The lowest BCUT2D eigenvalue weighted by Crippen LogP contribution is -2.35. The Morgan fingerprint density at radius 3 is 2.21 bits per heavy atom. The molecule has 148 valence electrons. The number of amides is 2. The highest BCUT2D eigenvalue weighted by Gasteiger charge is 2.13. The lowest BCUT2D eigenvalue weighted by atomic mass is 9.87. The minimum absolute atomic E-state index is 0.0949. The van der Waals surface area contributed by atoms with E-state index in [0.717, 1.165) is 11.3 Å². The first-order chi connectivity index (χ1) is 13.3. The molecule has 2 aromatic rings. The van der Waals surface area contributed by atoms with Crippen molar-refractivity contribution in [3.63, 3.8) is 0 Å². The number of rotatable bonds is 7. The first-order valence-electron chi connectivity index (χ1n) is 9.31. The van der Waals surface area contributed by atoms with E-state index in [-0.39, 0.29) is 22.9 Å². The van der Waals surface area contributed by atoms with Gasteiger partial charge in [0.05, 0.1) is 6.54 Å². The summed E-state index contributed by atoms with van der Waals surface area (Å²) >= 11 is 0. The topological polar surface area (TPSA) is 67.4 Å². The first kappa shape index (κ1) is 21.2. The molecule has 2 amide bonds. The van der Waals surface area contributed by atoms with Crippen molar-refractivity contribution >= 4 is 17.9 Å². The van der Waals surface area contributed by atoms with E-state index >= 15 is 0 Å². The van der Waals surface area contributed by atoms with Crippen LogP contribution in [0.15, 0.2) is 60.3 Å². The minimum atomic E-state index is -0.356. The van der Waals surface area contributed by atoms with Crippen molar-refractivity contribution in [1.82, 2.24) is 10.6 Å². The molecule has 0 aliphatic carbocycles. The second kappa shape index (κ2) is 9.74. The van der Waals surface area contributed by atoms with E-state index in [1.54, 1.807) is 6.08 Å². The quantitative estimate of drug-likeness (QED) is 0.569. The van der Waals surface area contributed by atoms with Crippen molar-refractivity contribution in [2.75, 3.05) is 13.2 Å². The second-order valence-electron chi connectivity index (χ2n) is 7.53. The monoisotopic (exact) mass is 380 g/mol. The van der Waals surface area contributed by atoms with Gasteiger partial charge in [0.2, 0.25) is 5.91 Å². The third-order valence-corrected chi connectivity index (χ3v) is 4.04. The number of benzene rings is 2. The van der Waals surface area contributed by atoms with Gasteiger partial charge in [-0.15, -0.1) is 0 Å². The van der Waals surface area contributed by atoms with Crippen LogP contribution in [-0.4, -0.2) is 25.0 Å². The van der Waals surface area contributed by atoms with Crippen LogP contribution in [0.4, 0.5) is 0 Å². The number of carbonyl (C=O) groups excluding carboxylic acids is 2. The van der Waals surface area contributed by atoms with Crippen LogP contribution >= 0.6 is 0 Å². The van der Waals surface area contributed by atoms with Gasteiger partial charge in [0.15, 0.2) is 0 Å². The van der Waals surface area contributed by atoms with E-state index in [9.17, 15) is 9.59 Å². The molecule has 5 heteroatoms. The molecule has 2 aromatic carbocycles. The van der Waals surface area contributed by atoms with Crippen LogP contribution in [0, 0.1) is 0 Å². The Hall–Kier alpha value is -3.08. The minimum Gasteiger partial charge on any atom is -0.492 e. The Bertz CT molecular complexity index is 819. The van der Waals surface area contributed by atoms with Crippen molar-refractivity contribution in [1.29, 1.82) is 0 Å². The molecule has 2 N–H and O–H groups in total. The zero-order valence-electron chi connectivity index (χ0n) is 16.9. The normalized spacial score (nSPS) is 11.6. The molecule has 0 aromatic heterocycles. The molecule has 0 saturated heterocycles. The maximum absolute atomic E-state index is 12.4. The number of carbonyl (C=O) groups is 2. The number of hydrogen-bond donors (Lipinski definition) is 2. The van der Waals surface area contributed by atoms with Crippen molar-refractivity contribution in [2.24, 2.45) is 0 Å². The van der Waals surface area contributed by atoms with E-state index in [4.69, 9.17) is 4.74 Å². The fourth-order valence-corrected chi connectivity index (χ4v) is 2.54. The van der Waals surface area contributed by atoms with Crippen LogP contribution in [0.3, 0.4) is 0 Å². The molecule has 0 atom stereocenters. The van der Waals surface area contributed by atoms with Crippen molar-refractivity contribution < 1.29 is 14.3 Å². The standard InChI is InChI=1S/C23H28N2O3/c1-17(26)25-21(16-18-8-6-5-7-9-18)22(27)24-14-15-28-20-12-10-19(11-13-20)23(2,3)4/h5-13,16H,14-15H2,1-4H3,(H,24,27)(H,25,26)/b21-16-. The zero-order valence-corrected chi connectivity index (χ0v) is 16.9. The van der Waals surface area contributed by atoms with E-state index in [0.29, 0.717) is 13.2 Å². The molecule has 28 heavy (non-hydrogen) atoms. The van der Waals surface area contributed by atoms with E-state index in [1.807, 2.05) is 54.6 Å². The number of nitrogens with one attached hydrogen (secondary N) is 2. The van der Waals surface area contributed by atoms with Gasteiger partial charge in [-0.3, -0.25) is 9.59 Å². The van der Waals surface area contributed by atoms with Crippen LogP contribution in [0.1, 0.15) is 38.8 Å². The van der Waals surface area contributed by atoms with Gasteiger partial charge in [-0.1, -0.05) is 63.2 Å². The van der Waals surface area contributed by atoms with Gasteiger partial charge >= 0.3 is 0 Å². The molecule has 2 rings (SSSR count). The van der Waals surface area contributed by atoms with E-state index in [2.05, 4.69) is 31.4 Å². The molecule has 0 radical (unpaired) electrons. The molecule has 0 spiro atoms. The molecule has 5 nitrogen and oxygen atoms in total. The molecule has 0 unspecified atom stereocenters. The molecular formula is C23H28N2O3. The predicted molar refractivity (Wildman–Crippen MR) is 112 cm³/mol. The van der Waals surface area contributed by atoms with Gasteiger partial charge in [-0.2, -0.15) is 0 Å². The lowest BCUT2D eigenvalue weighted by Gasteiger charge is -2.19. The largest absolute Gasteiger partial charge is 0.492 e. The Kier molecular flexibility index (Phi) is 7.38. The Labute approximate surface area is 166 Å². The maximum Gasteiger partial charge on any atom is 0.267 e. The summed E-state index contributed by atoms with van der Waals surface area (Å²) in [7, 11) is 0. The van der Waals surface area contributed by atoms with Crippen LogP contribution in [0.25, 0.3) is 6.08 Å². The van der Waals surface area contributed by atoms with Gasteiger partial charge in [0.25, 0.3) is 5.91 Å². The van der Waals surface area contributed by atoms with Gasteiger partial charge in [-0.25, -0.2) is 0 Å². The highest BCUT2D eigenvalue weighted by molar-refractivity contribution is 6.00. The smallest absolute Gasteiger partial charge is 0.267 e. The fraction of sp³-hybridized carbons (Fsp3) is 0.304. The summed E-state index contributed by atoms with van der Waals surface area (Å²) in [6.45, 7) is 8.51. The Balaban J connectivity index is 1.88. The third-order valence-electron chi connectivity index (χ3n) is 4.04. The van der Waals surface area contributed by atoms with E-state index in [1.165, 1.54) is 12.5 Å². The summed E-state index contributed by atoms with van der Waals surface area (Å²) in [5, 5.41) is 5.34. The average molecular weight is 380 g/mol. The van der Waals surface area contributed by atoms with Gasteiger partial charge < -0.3 is 15.4 Å². The summed E-state index contributed by atoms with van der Waals surface area (Å²) in [4.78, 5) is 23.8. The maximum atomic E-state index is 12.4. The molecule has 0 fully saturated rings. The lowest BCUT2D eigenvalue weighted by molar-refractivity contribution is -0.122. The molecular weight excluding hydrogens is 352 g/mol. The Morgan fingerprint density at radius 2 is 1.64 bits per heavy atom. The fourth-order valence-electron chi connectivity index (χ4n) is 2.54. The molecule has 0 heterocycles. The van der Waals surface area contributed by atoms with Gasteiger partial charge in [0.1, 0.15) is 18.1 Å². The molecule has 0 aliphatic heterocycles. The summed E-state index contributed by atoms with van der Waals surface area (Å²) in [5.41, 5.74) is 2.36. The summed E-state index contributed by atoms with van der Waals surface area (Å²) in [6, 6.07) is 17.3. The Morgan fingerprint density at radius 1 is 1.00 bits per heavy atom.